The summed E-state index contributed by atoms with van der Waals surface area (Å²) in [6, 6.07) is -1.46. The van der Waals surface area contributed by atoms with Gasteiger partial charge in [-0.1, -0.05) is 6.42 Å². The fourth-order valence-corrected chi connectivity index (χ4v) is 2.04. The van der Waals surface area contributed by atoms with Gasteiger partial charge in [0.15, 0.2) is 0 Å². The lowest BCUT2D eigenvalue weighted by Crippen LogP contribution is -2.55. The van der Waals surface area contributed by atoms with Crippen molar-refractivity contribution in [2.45, 2.75) is 44.4 Å². The van der Waals surface area contributed by atoms with E-state index in [1.165, 1.54) is 4.90 Å². The summed E-state index contributed by atoms with van der Waals surface area (Å²) in [5.74, 6) is 0. The second kappa shape index (κ2) is 4.49. The predicted octanol–water partition coefficient (Wildman–Crippen LogP) is 1.75. The lowest BCUT2D eigenvalue weighted by molar-refractivity contribution is -0.188. The number of likely N-dealkylation sites (tertiary alicyclic amines) is 1. The molecule has 14 heavy (non-hydrogen) atoms. The zero-order valence-electron chi connectivity index (χ0n) is 8.35. The maximum absolute atomic E-state index is 12.6. The van der Waals surface area contributed by atoms with Crippen molar-refractivity contribution in [3.05, 3.63) is 0 Å². The Morgan fingerprint density at radius 3 is 2.50 bits per heavy atom. The summed E-state index contributed by atoms with van der Waals surface area (Å²) in [5.41, 5.74) is 5.19. The van der Waals surface area contributed by atoms with E-state index in [1.807, 2.05) is 6.92 Å². The molecule has 1 heterocycles. The Balaban J connectivity index is 2.67. The van der Waals surface area contributed by atoms with E-state index in [-0.39, 0.29) is 12.6 Å². The molecule has 2 atom stereocenters. The van der Waals surface area contributed by atoms with Gasteiger partial charge < -0.3 is 5.73 Å². The molecular weight excluding hydrogens is 193 g/mol. The molecule has 0 radical (unpaired) electrons. The molecule has 0 aromatic rings. The van der Waals surface area contributed by atoms with Crippen LogP contribution in [-0.4, -0.2) is 36.2 Å². The fourth-order valence-electron chi connectivity index (χ4n) is 2.04. The molecule has 0 bridgehead atoms. The number of alkyl halides is 3. The summed E-state index contributed by atoms with van der Waals surface area (Å²) in [4.78, 5) is 1.49. The van der Waals surface area contributed by atoms with Crippen LogP contribution in [0.15, 0.2) is 0 Å². The van der Waals surface area contributed by atoms with Crippen molar-refractivity contribution in [1.29, 1.82) is 0 Å². The molecule has 2 nitrogen and oxygen atoms in total. The highest BCUT2D eigenvalue weighted by Gasteiger charge is 2.44. The predicted molar refractivity (Wildman–Crippen MR) is 48.9 cm³/mol. The Kier molecular flexibility index (Phi) is 3.78. The molecular formula is C9H17F3N2. The number of nitrogens with zero attached hydrogens (tertiary/aromatic N) is 1. The van der Waals surface area contributed by atoms with Crippen LogP contribution in [-0.2, 0) is 0 Å². The largest absolute Gasteiger partial charge is 0.405 e. The number of hydrogen-bond donors (Lipinski definition) is 1. The first-order chi connectivity index (χ1) is 6.46. The van der Waals surface area contributed by atoms with Crippen LogP contribution >= 0.6 is 0 Å². The molecule has 0 amide bonds. The topological polar surface area (TPSA) is 29.3 Å². The van der Waals surface area contributed by atoms with Gasteiger partial charge in [0.25, 0.3) is 0 Å². The van der Waals surface area contributed by atoms with Crippen molar-refractivity contribution in [2.75, 3.05) is 13.1 Å². The standard InChI is InChI=1S/C9H17F3N2/c1-7-4-2-3-5-14(7)8(6-13)9(10,11)12/h7-8H,2-6,13H2,1H3/t7-,8+/m1/s1. The molecule has 5 heteroatoms. The van der Waals surface area contributed by atoms with Crippen LogP contribution in [0.3, 0.4) is 0 Å². The normalized spacial score (nSPS) is 27.6. The van der Waals surface area contributed by atoms with Gasteiger partial charge in [-0.05, 0) is 26.3 Å². The maximum atomic E-state index is 12.6. The van der Waals surface area contributed by atoms with E-state index in [2.05, 4.69) is 0 Å². The minimum Gasteiger partial charge on any atom is -0.329 e. The van der Waals surface area contributed by atoms with E-state index >= 15 is 0 Å². The molecule has 0 aromatic heterocycles. The van der Waals surface area contributed by atoms with Crippen LogP contribution in [0.1, 0.15) is 26.2 Å². The molecule has 1 rings (SSSR count). The maximum Gasteiger partial charge on any atom is 0.405 e. The minimum absolute atomic E-state index is 0.000995. The average Bonchev–Trinajstić information content (AvgIpc) is 2.07. The van der Waals surface area contributed by atoms with Gasteiger partial charge >= 0.3 is 6.18 Å². The number of rotatable bonds is 2. The third-order valence-electron chi connectivity index (χ3n) is 2.86. The summed E-state index contributed by atoms with van der Waals surface area (Å²) in [6.45, 7) is 2.02. The Morgan fingerprint density at radius 1 is 1.43 bits per heavy atom. The highest BCUT2D eigenvalue weighted by molar-refractivity contribution is 4.85. The summed E-state index contributed by atoms with van der Waals surface area (Å²) in [5, 5.41) is 0. The van der Waals surface area contributed by atoms with Gasteiger partial charge in [-0.2, -0.15) is 13.2 Å². The van der Waals surface area contributed by atoms with Crippen LogP contribution in [0.5, 0.6) is 0 Å². The van der Waals surface area contributed by atoms with Gasteiger partial charge in [0.05, 0.1) is 0 Å². The number of nitrogens with two attached hydrogens (primary N) is 1. The van der Waals surface area contributed by atoms with E-state index < -0.39 is 12.2 Å². The first-order valence-corrected chi connectivity index (χ1v) is 4.99. The molecule has 1 saturated heterocycles. The minimum atomic E-state index is -4.19. The first-order valence-electron chi connectivity index (χ1n) is 4.99. The summed E-state index contributed by atoms with van der Waals surface area (Å²) >= 11 is 0. The van der Waals surface area contributed by atoms with Crippen molar-refractivity contribution in [2.24, 2.45) is 5.73 Å². The lowest BCUT2D eigenvalue weighted by atomic mass is 10.0. The quantitative estimate of drug-likeness (QED) is 0.752. The van der Waals surface area contributed by atoms with E-state index in [1.54, 1.807) is 0 Å². The second-order valence-corrected chi connectivity index (χ2v) is 3.88. The molecule has 0 saturated carbocycles. The van der Waals surface area contributed by atoms with Crippen LogP contribution in [0.2, 0.25) is 0 Å². The summed E-state index contributed by atoms with van der Waals surface area (Å²) in [6.07, 6.45) is -1.49. The van der Waals surface area contributed by atoms with Gasteiger partial charge in [0, 0.05) is 12.6 Å². The van der Waals surface area contributed by atoms with Gasteiger partial charge in [-0.3, -0.25) is 4.90 Å². The molecule has 2 N–H and O–H groups in total. The monoisotopic (exact) mass is 210 g/mol. The zero-order valence-corrected chi connectivity index (χ0v) is 8.35. The molecule has 1 fully saturated rings. The van der Waals surface area contributed by atoms with Crippen LogP contribution < -0.4 is 5.73 Å². The smallest absolute Gasteiger partial charge is 0.329 e. The second-order valence-electron chi connectivity index (χ2n) is 3.88. The van der Waals surface area contributed by atoms with E-state index in [0.717, 1.165) is 19.3 Å². The highest BCUT2D eigenvalue weighted by Crippen LogP contribution is 2.29. The Hall–Kier alpha value is -0.290. The van der Waals surface area contributed by atoms with Crippen LogP contribution in [0.25, 0.3) is 0 Å². The van der Waals surface area contributed by atoms with Gasteiger partial charge in [-0.25, -0.2) is 0 Å². The van der Waals surface area contributed by atoms with Crippen molar-refractivity contribution in [1.82, 2.24) is 4.90 Å². The SMILES string of the molecule is C[C@@H]1CCCCN1[C@@H](CN)C(F)(F)F. The van der Waals surface area contributed by atoms with Crippen molar-refractivity contribution in [3.8, 4) is 0 Å². The summed E-state index contributed by atoms with van der Waals surface area (Å²) in [7, 11) is 0. The molecule has 0 aliphatic carbocycles. The lowest BCUT2D eigenvalue weighted by Gasteiger charge is -2.39. The fraction of sp³-hybridized carbons (Fsp3) is 1.00. The van der Waals surface area contributed by atoms with Crippen molar-refractivity contribution < 1.29 is 13.2 Å². The molecule has 1 aliphatic heterocycles. The molecule has 0 aromatic carbocycles. The molecule has 1 aliphatic rings. The third kappa shape index (κ3) is 2.60. The average molecular weight is 210 g/mol. The Morgan fingerprint density at radius 2 is 2.07 bits per heavy atom. The van der Waals surface area contributed by atoms with Crippen molar-refractivity contribution in [3.63, 3.8) is 0 Å². The zero-order chi connectivity index (χ0) is 10.8. The Bertz CT molecular complexity index is 181. The third-order valence-corrected chi connectivity index (χ3v) is 2.86. The van der Waals surface area contributed by atoms with E-state index in [9.17, 15) is 13.2 Å². The van der Waals surface area contributed by atoms with Gasteiger partial charge in [-0.15, -0.1) is 0 Å². The van der Waals surface area contributed by atoms with Gasteiger partial charge in [0.1, 0.15) is 6.04 Å². The number of piperidine rings is 1. The Labute approximate surface area is 82.2 Å². The molecule has 0 unspecified atom stereocenters. The molecule has 84 valence electrons. The highest BCUT2D eigenvalue weighted by atomic mass is 19.4. The van der Waals surface area contributed by atoms with E-state index in [0.29, 0.717) is 6.54 Å². The first kappa shape index (κ1) is 11.8. The number of hydrogen-bond acceptors (Lipinski definition) is 2. The van der Waals surface area contributed by atoms with Crippen LogP contribution in [0.4, 0.5) is 13.2 Å². The van der Waals surface area contributed by atoms with E-state index in [4.69, 9.17) is 5.73 Å². The molecule has 0 spiro atoms. The number of halogens is 3. The summed E-state index contributed by atoms with van der Waals surface area (Å²) < 4.78 is 37.7. The van der Waals surface area contributed by atoms with Gasteiger partial charge in [0.2, 0.25) is 0 Å². The van der Waals surface area contributed by atoms with Crippen molar-refractivity contribution >= 4 is 0 Å². The van der Waals surface area contributed by atoms with Crippen LogP contribution in [0, 0.1) is 0 Å².